The smallest absolute Gasteiger partial charge is 0.307 e. The van der Waals surface area contributed by atoms with Gasteiger partial charge in [0.05, 0.1) is 6.26 Å². The van der Waals surface area contributed by atoms with Crippen molar-refractivity contribution in [3.63, 3.8) is 0 Å². The van der Waals surface area contributed by atoms with Crippen LogP contribution >= 0.6 is 0 Å². The lowest BCUT2D eigenvalue weighted by atomic mass is 9.89. The first kappa shape index (κ1) is 27.9. The van der Waals surface area contributed by atoms with Gasteiger partial charge in [0.25, 0.3) is 0 Å². The Kier molecular flexibility index (Phi) is 20.1. The van der Waals surface area contributed by atoms with Crippen molar-refractivity contribution in [3.05, 3.63) is 12.8 Å². The van der Waals surface area contributed by atoms with Crippen LogP contribution in [0.15, 0.2) is 12.8 Å². The standard InChI is InChI=1S/C19H38O2.C4H6O2/c1-19(2,3)17-15-13-11-9-7-5-4-6-8-10-12-14-16-18(20)21;1-3-6-4(2)5/h4-17H2,1-3H3,(H,20,21);3H,1H2,2H3. The van der Waals surface area contributed by atoms with Crippen LogP contribution in [0.3, 0.4) is 0 Å². The van der Waals surface area contributed by atoms with E-state index in [0.29, 0.717) is 11.8 Å². The molecule has 4 heteroatoms. The van der Waals surface area contributed by atoms with Gasteiger partial charge in [-0.05, 0) is 18.3 Å². The maximum absolute atomic E-state index is 10.3. The fourth-order valence-electron chi connectivity index (χ4n) is 2.82. The van der Waals surface area contributed by atoms with Crippen molar-refractivity contribution in [3.8, 4) is 0 Å². The molecule has 0 saturated carbocycles. The molecule has 0 aromatic heterocycles. The molecule has 27 heavy (non-hydrogen) atoms. The fourth-order valence-corrected chi connectivity index (χ4v) is 2.82. The Labute approximate surface area is 167 Å². The van der Waals surface area contributed by atoms with Gasteiger partial charge in [0.15, 0.2) is 0 Å². The van der Waals surface area contributed by atoms with Crippen LogP contribution in [0.25, 0.3) is 0 Å². The third-order valence-electron chi connectivity index (χ3n) is 4.32. The second kappa shape index (κ2) is 19.4. The van der Waals surface area contributed by atoms with Crippen LogP contribution in [0.2, 0.25) is 0 Å². The highest BCUT2D eigenvalue weighted by molar-refractivity contribution is 5.66. The number of hydrogen-bond acceptors (Lipinski definition) is 3. The van der Waals surface area contributed by atoms with Gasteiger partial charge in [-0.2, -0.15) is 0 Å². The van der Waals surface area contributed by atoms with Crippen LogP contribution in [-0.4, -0.2) is 17.0 Å². The summed E-state index contributed by atoms with van der Waals surface area (Å²) >= 11 is 0. The Morgan fingerprint density at radius 3 is 1.44 bits per heavy atom. The molecule has 0 aromatic rings. The van der Waals surface area contributed by atoms with Gasteiger partial charge in [0.2, 0.25) is 0 Å². The van der Waals surface area contributed by atoms with Crippen molar-refractivity contribution in [2.75, 3.05) is 0 Å². The van der Waals surface area contributed by atoms with Crippen molar-refractivity contribution < 1.29 is 19.4 Å². The van der Waals surface area contributed by atoms with E-state index in [-0.39, 0.29) is 5.97 Å². The van der Waals surface area contributed by atoms with E-state index in [1.165, 1.54) is 77.6 Å². The first-order valence-corrected chi connectivity index (χ1v) is 10.7. The van der Waals surface area contributed by atoms with Gasteiger partial charge in [0, 0.05) is 13.3 Å². The molecule has 0 amide bonds. The Hall–Kier alpha value is -1.32. The number of carbonyl (C=O) groups is 2. The molecule has 0 aliphatic carbocycles. The monoisotopic (exact) mass is 384 g/mol. The summed E-state index contributed by atoms with van der Waals surface area (Å²) in [6.45, 7) is 11.5. The number of esters is 1. The number of aliphatic carboxylic acids is 1. The SMILES string of the molecule is C=COC(C)=O.CC(C)(C)CCCCCCCCCCCCCCC(=O)O. The lowest BCUT2D eigenvalue weighted by Crippen LogP contribution is -2.03. The number of hydrogen-bond donors (Lipinski definition) is 1. The summed E-state index contributed by atoms with van der Waals surface area (Å²) in [5.74, 6) is -0.984. The average Bonchev–Trinajstić information content (AvgIpc) is 2.54. The predicted molar refractivity (Wildman–Crippen MR) is 114 cm³/mol. The number of rotatable bonds is 15. The van der Waals surface area contributed by atoms with Crippen LogP contribution < -0.4 is 0 Å². The molecular formula is C23H44O4. The first-order chi connectivity index (χ1) is 12.7. The molecule has 0 spiro atoms. The van der Waals surface area contributed by atoms with Gasteiger partial charge in [-0.1, -0.05) is 98.0 Å². The van der Waals surface area contributed by atoms with E-state index in [1.54, 1.807) is 0 Å². The topological polar surface area (TPSA) is 63.6 Å². The third-order valence-corrected chi connectivity index (χ3v) is 4.32. The molecule has 0 unspecified atom stereocenters. The summed E-state index contributed by atoms with van der Waals surface area (Å²) in [5, 5.41) is 8.53. The molecule has 0 bridgehead atoms. The zero-order valence-electron chi connectivity index (χ0n) is 18.4. The van der Waals surface area contributed by atoms with Crippen molar-refractivity contribution in [2.24, 2.45) is 5.41 Å². The third kappa shape index (κ3) is 32.8. The van der Waals surface area contributed by atoms with Crippen LogP contribution in [0.1, 0.15) is 118 Å². The van der Waals surface area contributed by atoms with E-state index < -0.39 is 5.97 Å². The highest BCUT2D eigenvalue weighted by Gasteiger charge is 2.08. The minimum absolute atomic E-state index is 0.329. The Bertz CT molecular complexity index is 369. The largest absolute Gasteiger partial charge is 0.481 e. The molecular weight excluding hydrogens is 340 g/mol. The number of unbranched alkanes of at least 4 members (excludes halogenated alkanes) is 11. The highest BCUT2D eigenvalue weighted by atomic mass is 16.5. The first-order valence-electron chi connectivity index (χ1n) is 10.7. The molecule has 0 atom stereocenters. The maximum Gasteiger partial charge on any atom is 0.307 e. The second-order valence-electron chi connectivity index (χ2n) is 8.47. The van der Waals surface area contributed by atoms with E-state index in [2.05, 4.69) is 32.1 Å². The van der Waals surface area contributed by atoms with Gasteiger partial charge >= 0.3 is 11.9 Å². The lowest BCUT2D eigenvalue weighted by molar-refractivity contribution is -0.137. The second-order valence-corrected chi connectivity index (χ2v) is 8.47. The molecule has 160 valence electrons. The highest BCUT2D eigenvalue weighted by Crippen LogP contribution is 2.22. The van der Waals surface area contributed by atoms with Crippen molar-refractivity contribution >= 4 is 11.9 Å². The zero-order valence-corrected chi connectivity index (χ0v) is 18.4. The Balaban J connectivity index is 0. The summed E-state index contributed by atoms with van der Waals surface area (Å²) in [4.78, 5) is 20.1. The van der Waals surface area contributed by atoms with Gasteiger partial charge in [-0.15, -0.1) is 0 Å². The van der Waals surface area contributed by atoms with Crippen LogP contribution in [0, 0.1) is 5.41 Å². The number of carboxylic acid groups (broad SMARTS) is 1. The predicted octanol–water partition coefficient (Wildman–Crippen LogP) is 7.27. The summed E-state index contributed by atoms with van der Waals surface area (Å²) < 4.78 is 4.17. The van der Waals surface area contributed by atoms with Crippen molar-refractivity contribution in [2.45, 2.75) is 118 Å². The normalized spacial score (nSPS) is 10.7. The van der Waals surface area contributed by atoms with Gasteiger partial charge in [0.1, 0.15) is 0 Å². The quantitative estimate of drug-likeness (QED) is 0.183. The Morgan fingerprint density at radius 1 is 0.815 bits per heavy atom. The fraction of sp³-hybridized carbons (Fsp3) is 0.826. The van der Waals surface area contributed by atoms with E-state index in [9.17, 15) is 9.59 Å². The van der Waals surface area contributed by atoms with E-state index in [0.717, 1.165) is 19.1 Å². The molecule has 0 heterocycles. The molecule has 0 aromatic carbocycles. The number of carboxylic acids is 1. The van der Waals surface area contributed by atoms with E-state index >= 15 is 0 Å². The summed E-state index contributed by atoms with van der Waals surface area (Å²) in [6.07, 6.45) is 18.3. The average molecular weight is 385 g/mol. The number of ether oxygens (including phenoxy) is 1. The minimum atomic E-state index is -0.655. The van der Waals surface area contributed by atoms with Crippen LogP contribution in [0.4, 0.5) is 0 Å². The van der Waals surface area contributed by atoms with Crippen LogP contribution in [-0.2, 0) is 14.3 Å². The van der Waals surface area contributed by atoms with Crippen LogP contribution in [0.5, 0.6) is 0 Å². The molecule has 0 rings (SSSR count). The molecule has 0 aliphatic heterocycles. The van der Waals surface area contributed by atoms with Gasteiger partial charge in [-0.25, -0.2) is 0 Å². The summed E-state index contributed by atoms with van der Waals surface area (Å²) in [6, 6.07) is 0. The van der Waals surface area contributed by atoms with E-state index in [4.69, 9.17) is 5.11 Å². The molecule has 0 fully saturated rings. The number of carbonyl (C=O) groups excluding carboxylic acids is 1. The van der Waals surface area contributed by atoms with Gasteiger partial charge < -0.3 is 9.84 Å². The zero-order chi connectivity index (χ0) is 21.0. The molecule has 1 N–H and O–H groups in total. The summed E-state index contributed by atoms with van der Waals surface area (Å²) in [5.41, 5.74) is 0.504. The maximum atomic E-state index is 10.3. The Morgan fingerprint density at radius 2 is 1.19 bits per heavy atom. The van der Waals surface area contributed by atoms with Gasteiger partial charge in [-0.3, -0.25) is 9.59 Å². The lowest BCUT2D eigenvalue weighted by Gasteiger charge is -2.17. The van der Waals surface area contributed by atoms with Crippen molar-refractivity contribution in [1.29, 1.82) is 0 Å². The molecule has 0 saturated heterocycles. The summed E-state index contributed by atoms with van der Waals surface area (Å²) in [7, 11) is 0. The van der Waals surface area contributed by atoms with E-state index in [1.807, 2.05) is 0 Å². The molecule has 0 radical (unpaired) electrons. The van der Waals surface area contributed by atoms with Crippen molar-refractivity contribution in [1.82, 2.24) is 0 Å². The molecule has 4 nitrogen and oxygen atoms in total. The molecule has 0 aliphatic rings. The minimum Gasteiger partial charge on any atom is -0.481 e.